The molecule has 0 unspecified atom stereocenters. The Morgan fingerprint density at radius 3 is 2.62 bits per heavy atom. The number of nitrogens with one attached hydrogen (secondary N) is 2. The molecule has 0 bridgehead atoms. The van der Waals surface area contributed by atoms with Crippen molar-refractivity contribution < 1.29 is 9.53 Å². The molecule has 0 aliphatic heterocycles. The number of rotatable bonds is 2. The summed E-state index contributed by atoms with van der Waals surface area (Å²) in [7, 11) is 0. The summed E-state index contributed by atoms with van der Waals surface area (Å²) in [4.78, 5) is 40.4. The summed E-state index contributed by atoms with van der Waals surface area (Å²) in [5, 5.41) is 6.70. The zero-order valence-corrected chi connectivity index (χ0v) is 13.8. The molecule has 0 spiro atoms. The van der Waals surface area contributed by atoms with Gasteiger partial charge in [-0.2, -0.15) is 5.10 Å². The molecule has 0 saturated carbocycles. The number of fused-ring (bicyclic) bond motifs is 2. The van der Waals surface area contributed by atoms with E-state index in [1.165, 1.54) is 18.2 Å². The number of carbonyl (C=O) groups is 1. The van der Waals surface area contributed by atoms with E-state index < -0.39 is 17.0 Å². The predicted octanol–water partition coefficient (Wildman–Crippen LogP) is 2.64. The Hall–Kier alpha value is -3.45. The third kappa shape index (κ3) is 2.64. The van der Waals surface area contributed by atoms with Crippen LogP contribution in [0.3, 0.4) is 0 Å². The SMILES string of the molecule is O=C(Oc1ccccc1)c1n[nH]c2c(=O)[nH]c3cc(Cl)ccc3c(=O)c12. The van der Waals surface area contributed by atoms with Crippen LogP contribution in [-0.4, -0.2) is 21.2 Å². The van der Waals surface area contributed by atoms with Gasteiger partial charge in [-0.25, -0.2) is 4.79 Å². The molecule has 0 atom stereocenters. The van der Waals surface area contributed by atoms with Crippen molar-refractivity contribution in [3.63, 3.8) is 0 Å². The molecule has 0 fully saturated rings. The molecule has 4 rings (SSSR count). The van der Waals surface area contributed by atoms with Gasteiger partial charge < -0.3 is 9.72 Å². The normalized spacial score (nSPS) is 11.0. The van der Waals surface area contributed by atoms with E-state index in [1.54, 1.807) is 30.3 Å². The fourth-order valence-corrected chi connectivity index (χ4v) is 2.83. The maximum absolute atomic E-state index is 12.9. The summed E-state index contributed by atoms with van der Waals surface area (Å²) < 4.78 is 5.23. The molecule has 2 N–H and O–H groups in total. The highest BCUT2D eigenvalue weighted by atomic mass is 35.5. The molecule has 8 heteroatoms. The quantitative estimate of drug-likeness (QED) is 0.418. The lowest BCUT2D eigenvalue weighted by atomic mass is 10.2. The van der Waals surface area contributed by atoms with Crippen LogP contribution in [0.25, 0.3) is 21.8 Å². The number of nitrogens with zero attached hydrogens (tertiary/aromatic N) is 1. The predicted molar refractivity (Wildman–Crippen MR) is 96.9 cm³/mol. The number of H-pyrrole nitrogens is 2. The van der Waals surface area contributed by atoms with Crippen LogP contribution in [0.2, 0.25) is 5.02 Å². The molecule has 2 aromatic carbocycles. The van der Waals surface area contributed by atoms with E-state index in [4.69, 9.17) is 16.3 Å². The molecule has 2 aromatic heterocycles. The van der Waals surface area contributed by atoms with Gasteiger partial charge >= 0.3 is 5.97 Å². The first-order valence-electron chi connectivity index (χ1n) is 7.56. The summed E-state index contributed by atoms with van der Waals surface area (Å²) in [5.74, 6) is -0.542. The van der Waals surface area contributed by atoms with Crippen LogP contribution in [0, 0.1) is 0 Å². The van der Waals surface area contributed by atoms with E-state index in [0.29, 0.717) is 10.8 Å². The second-order valence-electron chi connectivity index (χ2n) is 5.50. The number of para-hydroxylation sites is 1. The lowest BCUT2D eigenvalue weighted by Crippen LogP contribution is -2.12. The van der Waals surface area contributed by atoms with Crippen LogP contribution in [0.1, 0.15) is 10.5 Å². The number of halogens is 1. The number of ether oxygens (including phenoxy) is 1. The summed E-state index contributed by atoms with van der Waals surface area (Å²) in [6.45, 7) is 0. The molecule has 128 valence electrons. The highest BCUT2D eigenvalue weighted by molar-refractivity contribution is 6.31. The Labute approximate surface area is 150 Å². The molecular weight excluding hydrogens is 358 g/mol. The Kier molecular flexibility index (Phi) is 3.78. The van der Waals surface area contributed by atoms with Crippen LogP contribution >= 0.6 is 11.6 Å². The minimum Gasteiger partial charge on any atom is -0.422 e. The molecule has 0 amide bonds. The van der Waals surface area contributed by atoms with Crippen molar-refractivity contribution in [1.29, 1.82) is 0 Å². The zero-order chi connectivity index (χ0) is 18.3. The molecule has 26 heavy (non-hydrogen) atoms. The van der Waals surface area contributed by atoms with Crippen molar-refractivity contribution in [3.05, 3.63) is 79.8 Å². The highest BCUT2D eigenvalue weighted by Crippen LogP contribution is 2.18. The standard InChI is InChI=1S/C18H10ClN3O4/c19-9-6-7-11-12(8-9)20-17(24)14-13(16(11)23)15(22-21-14)18(25)26-10-4-2-1-3-5-10/h1-8H,(H,20,24)(H,21,22). The fourth-order valence-electron chi connectivity index (χ4n) is 2.66. The van der Waals surface area contributed by atoms with E-state index in [0.717, 1.165) is 0 Å². The fraction of sp³-hybridized carbons (Fsp3) is 0. The average molecular weight is 368 g/mol. The van der Waals surface area contributed by atoms with Crippen molar-refractivity contribution >= 4 is 39.4 Å². The van der Waals surface area contributed by atoms with Crippen molar-refractivity contribution in [2.24, 2.45) is 0 Å². The lowest BCUT2D eigenvalue weighted by molar-refractivity contribution is 0.0730. The number of benzene rings is 2. The van der Waals surface area contributed by atoms with Gasteiger partial charge in [0.2, 0.25) is 0 Å². The van der Waals surface area contributed by atoms with Gasteiger partial charge in [0.05, 0.1) is 10.9 Å². The lowest BCUT2D eigenvalue weighted by Gasteiger charge is -2.01. The first kappa shape index (κ1) is 16.0. The number of esters is 1. The molecule has 2 heterocycles. The summed E-state index contributed by atoms with van der Waals surface area (Å²) in [5.41, 5.74) is -1.23. The third-order valence-corrected chi connectivity index (χ3v) is 4.08. The highest BCUT2D eigenvalue weighted by Gasteiger charge is 2.21. The van der Waals surface area contributed by atoms with Gasteiger partial charge in [-0.05, 0) is 30.3 Å². The minimum atomic E-state index is -0.840. The van der Waals surface area contributed by atoms with Crippen LogP contribution in [0.4, 0.5) is 0 Å². The van der Waals surface area contributed by atoms with Gasteiger partial charge in [0.15, 0.2) is 11.1 Å². The summed E-state index contributed by atoms with van der Waals surface area (Å²) in [6.07, 6.45) is 0. The average Bonchev–Trinajstić information content (AvgIpc) is 3.04. The van der Waals surface area contributed by atoms with Gasteiger partial charge in [-0.15, -0.1) is 0 Å². The summed E-state index contributed by atoms with van der Waals surface area (Å²) >= 11 is 5.93. The number of hydrogen-bond donors (Lipinski definition) is 2. The number of carbonyl (C=O) groups excluding carboxylic acids is 1. The number of aromatic nitrogens is 3. The zero-order valence-electron chi connectivity index (χ0n) is 13.1. The minimum absolute atomic E-state index is 0.109. The molecule has 7 nitrogen and oxygen atoms in total. The maximum atomic E-state index is 12.9. The Balaban J connectivity index is 1.98. The van der Waals surface area contributed by atoms with Gasteiger partial charge in [-0.3, -0.25) is 14.7 Å². The number of aromatic amines is 2. The molecule has 0 aliphatic rings. The molecule has 0 radical (unpaired) electrons. The van der Waals surface area contributed by atoms with E-state index in [1.807, 2.05) is 0 Å². The molecule has 0 saturated heterocycles. The van der Waals surface area contributed by atoms with E-state index in [9.17, 15) is 14.4 Å². The third-order valence-electron chi connectivity index (χ3n) is 3.84. The molecule has 0 aliphatic carbocycles. The number of hydrogen-bond acceptors (Lipinski definition) is 5. The van der Waals surface area contributed by atoms with Crippen molar-refractivity contribution in [3.8, 4) is 5.75 Å². The van der Waals surface area contributed by atoms with E-state index in [2.05, 4.69) is 15.2 Å². The molecule has 4 aromatic rings. The summed E-state index contributed by atoms with van der Waals surface area (Å²) in [6, 6.07) is 12.8. The van der Waals surface area contributed by atoms with Crippen LogP contribution in [-0.2, 0) is 0 Å². The van der Waals surface area contributed by atoms with Crippen molar-refractivity contribution in [2.75, 3.05) is 0 Å². The van der Waals surface area contributed by atoms with Crippen LogP contribution in [0.5, 0.6) is 5.75 Å². The maximum Gasteiger partial charge on any atom is 0.365 e. The van der Waals surface area contributed by atoms with E-state index >= 15 is 0 Å². The monoisotopic (exact) mass is 367 g/mol. The van der Waals surface area contributed by atoms with Gasteiger partial charge in [0, 0.05) is 10.4 Å². The largest absolute Gasteiger partial charge is 0.422 e. The first-order chi connectivity index (χ1) is 12.5. The van der Waals surface area contributed by atoms with Crippen LogP contribution in [0.15, 0.2) is 58.1 Å². The Morgan fingerprint density at radius 1 is 1.08 bits per heavy atom. The van der Waals surface area contributed by atoms with Crippen molar-refractivity contribution in [2.45, 2.75) is 0 Å². The second-order valence-corrected chi connectivity index (χ2v) is 5.93. The topological polar surface area (TPSA) is 105 Å². The van der Waals surface area contributed by atoms with Gasteiger partial charge in [0.25, 0.3) is 5.56 Å². The first-order valence-corrected chi connectivity index (χ1v) is 7.93. The van der Waals surface area contributed by atoms with Gasteiger partial charge in [0.1, 0.15) is 11.3 Å². The van der Waals surface area contributed by atoms with Crippen LogP contribution < -0.4 is 15.7 Å². The molecular formula is C18H10ClN3O4. The van der Waals surface area contributed by atoms with Crippen molar-refractivity contribution in [1.82, 2.24) is 15.2 Å². The Bertz CT molecular complexity index is 1280. The van der Waals surface area contributed by atoms with Gasteiger partial charge in [-0.1, -0.05) is 29.8 Å². The van der Waals surface area contributed by atoms with E-state index in [-0.39, 0.29) is 27.5 Å². The second kappa shape index (κ2) is 6.12. The Morgan fingerprint density at radius 2 is 1.85 bits per heavy atom. The smallest absolute Gasteiger partial charge is 0.365 e.